The third kappa shape index (κ3) is 3.96. The first-order valence-corrected chi connectivity index (χ1v) is 8.70. The smallest absolute Gasteiger partial charge is 0.261 e. The third-order valence-electron chi connectivity index (χ3n) is 3.47. The Hall–Kier alpha value is -2.21. The molecule has 0 aliphatic rings. The van der Waals surface area contributed by atoms with Gasteiger partial charge in [-0.1, -0.05) is 13.8 Å². The fourth-order valence-electron chi connectivity index (χ4n) is 2.22. The van der Waals surface area contributed by atoms with Gasteiger partial charge in [0.25, 0.3) is 10.0 Å². The Bertz CT molecular complexity index is 768. The summed E-state index contributed by atoms with van der Waals surface area (Å²) in [4.78, 5) is 0.181. The first-order chi connectivity index (χ1) is 10.9. The molecule has 6 heteroatoms. The van der Waals surface area contributed by atoms with Gasteiger partial charge in [0.05, 0.1) is 19.1 Å². The van der Waals surface area contributed by atoms with Crippen molar-refractivity contribution in [3.8, 4) is 11.5 Å². The van der Waals surface area contributed by atoms with E-state index < -0.39 is 10.0 Å². The molecule has 0 fully saturated rings. The molecular formula is C17H21NO4S. The monoisotopic (exact) mass is 335 g/mol. The van der Waals surface area contributed by atoms with E-state index in [1.165, 1.54) is 19.2 Å². The maximum atomic E-state index is 12.5. The van der Waals surface area contributed by atoms with Gasteiger partial charge < -0.3 is 9.47 Å². The zero-order valence-corrected chi connectivity index (χ0v) is 14.5. The summed E-state index contributed by atoms with van der Waals surface area (Å²) < 4.78 is 37.9. The zero-order valence-electron chi connectivity index (χ0n) is 13.7. The molecule has 0 heterocycles. The maximum Gasteiger partial charge on any atom is 0.261 e. The molecule has 0 radical (unpaired) electrons. The highest BCUT2D eigenvalue weighted by Gasteiger charge is 2.16. The number of anilines is 1. The predicted molar refractivity (Wildman–Crippen MR) is 90.9 cm³/mol. The van der Waals surface area contributed by atoms with E-state index in [-0.39, 0.29) is 10.8 Å². The summed E-state index contributed by atoms with van der Waals surface area (Å²) in [7, 11) is -0.513. The fraction of sp³-hybridized carbons (Fsp3) is 0.294. The van der Waals surface area contributed by atoms with E-state index in [0.717, 1.165) is 11.3 Å². The van der Waals surface area contributed by atoms with Gasteiger partial charge in [0.15, 0.2) is 0 Å². The lowest BCUT2D eigenvalue weighted by Crippen LogP contribution is -2.13. The number of benzene rings is 2. The van der Waals surface area contributed by atoms with E-state index in [4.69, 9.17) is 9.47 Å². The molecule has 0 saturated heterocycles. The van der Waals surface area contributed by atoms with Crippen molar-refractivity contribution in [1.29, 1.82) is 0 Å². The van der Waals surface area contributed by atoms with Gasteiger partial charge >= 0.3 is 0 Å². The average molecular weight is 335 g/mol. The minimum absolute atomic E-state index is 0.181. The van der Waals surface area contributed by atoms with Crippen molar-refractivity contribution >= 4 is 15.7 Å². The number of rotatable bonds is 6. The molecule has 0 aromatic heterocycles. The van der Waals surface area contributed by atoms with Crippen LogP contribution >= 0.6 is 0 Å². The van der Waals surface area contributed by atoms with Crippen molar-refractivity contribution in [1.82, 2.24) is 0 Å². The Balaban J connectivity index is 2.31. The van der Waals surface area contributed by atoms with Crippen molar-refractivity contribution in [2.45, 2.75) is 24.7 Å². The lowest BCUT2D eigenvalue weighted by molar-refractivity contribution is 0.407. The summed E-state index contributed by atoms with van der Waals surface area (Å²) in [5, 5.41) is 0. The SMILES string of the molecule is COc1ccc(S(=O)(=O)Nc2ccc(OC)c(C(C)C)c2)cc1. The lowest BCUT2D eigenvalue weighted by Gasteiger charge is -2.15. The van der Waals surface area contributed by atoms with Crippen molar-refractivity contribution in [2.75, 3.05) is 18.9 Å². The summed E-state index contributed by atoms with van der Waals surface area (Å²) in [6, 6.07) is 11.5. The van der Waals surface area contributed by atoms with E-state index in [0.29, 0.717) is 11.4 Å². The van der Waals surface area contributed by atoms with Gasteiger partial charge in [-0.2, -0.15) is 0 Å². The Morgan fingerprint density at radius 3 is 2.13 bits per heavy atom. The highest BCUT2D eigenvalue weighted by molar-refractivity contribution is 7.92. The van der Waals surface area contributed by atoms with Gasteiger partial charge in [-0.15, -0.1) is 0 Å². The Morgan fingerprint density at radius 1 is 0.957 bits per heavy atom. The predicted octanol–water partition coefficient (Wildman–Crippen LogP) is 3.63. The highest BCUT2D eigenvalue weighted by Crippen LogP contribution is 2.30. The van der Waals surface area contributed by atoms with Gasteiger partial charge in [0, 0.05) is 5.69 Å². The van der Waals surface area contributed by atoms with Crippen LogP contribution in [0.25, 0.3) is 0 Å². The molecule has 0 amide bonds. The molecule has 2 rings (SSSR count). The van der Waals surface area contributed by atoms with Crippen LogP contribution in [0, 0.1) is 0 Å². The largest absolute Gasteiger partial charge is 0.497 e. The number of hydrogen-bond acceptors (Lipinski definition) is 4. The molecule has 5 nitrogen and oxygen atoms in total. The first kappa shape index (κ1) is 17.1. The van der Waals surface area contributed by atoms with Crippen LogP contribution in [0.5, 0.6) is 11.5 Å². The van der Waals surface area contributed by atoms with Crippen molar-refractivity contribution in [2.24, 2.45) is 0 Å². The second-order valence-corrected chi connectivity index (χ2v) is 7.07. The first-order valence-electron chi connectivity index (χ1n) is 7.22. The van der Waals surface area contributed by atoms with Gasteiger partial charge in [-0.05, 0) is 53.9 Å². The topological polar surface area (TPSA) is 64.6 Å². The molecule has 2 aromatic carbocycles. The molecule has 124 valence electrons. The van der Waals surface area contributed by atoms with E-state index in [9.17, 15) is 8.42 Å². The summed E-state index contributed by atoms with van der Waals surface area (Å²) in [5.41, 5.74) is 1.45. The average Bonchev–Trinajstić information content (AvgIpc) is 2.54. The molecule has 0 atom stereocenters. The van der Waals surface area contributed by atoms with Crippen molar-refractivity contribution in [3.05, 3.63) is 48.0 Å². The van der Waals surface area contributed by atoms with Crippen LogP contribution < -0.4 is 14.2 Å². The lowest BCUT2D eigenvalue weighted by atomic mass is 10.0. The van der Waals surface area contributed by atoms with Gasteiger partial charge in [-0.3, -0.25) is 4.72 Å². The van der Waals surface area contributed by atoms with E-state index in [1.54, 1.807) is 37.4 Å². The number of sulfonamides is 1. The molecule has 23 heavy (non-hydrogen) atoms. The fourth-order valence-corrected chi connectivity index (χ4v) is 3.27. The normalized spacial score (nSPS) is 11.3. The number of ether oxygens (including phenoxy) is 2. The second kappa shape index (κ2) is 6.91. The van der Waals surface area contributed by atoms with Gasteiger partial charge in [0.1, 0.15) is 11.5 Å². The molecule has 0 unspecified atom stereocenters. The third-order valence-corrected chi connectivity index (χ3v) is 4.87. The van der Waals surface area contributed by atoms with Crippen LogP contribution in [0.2, 0.25) is 0 Å². The van der Waals surface area contributed by atoms with Gasteiger partial charge in [0.2, 0.25) is 0 Å². The van der Waals surface area contributed by atoms with E-state index >= 15 is 0 Å². The summed E-state index contributed by atoms with van der Waals surface area (Å²) in [6.45, 7) is 4.05. The second-order valence-electron chi connectivity index (χ2n) is 5.39. The standard InChI is InChI=1S/C17H21NO4S/c1-12(2)16-11-13(5-10-17(16)22-4)18-23(19,20)15-8-6-14(21-3)7-9-15/h5-12,18H,1-4H3. The van der Waals surface area contributed by atoms with Crippen LogP contribution in [0.4, 0.5) is 5.69 Å². The van der Waals surface area contributed by atoms with Crippen LogP contribution in [0.15, 0.2) is 47.4 Å². The number of hydrogen-bond donors (Lipinski definition) is 1. The van der Waals surface area contributed by atoms with Crippen molar-refractivity contribution in [3.63, 3.8) is 0 Å². The number of nitrogens with one attached hydrogen (secondary N) is 1. The zero-order chi connectivity index (χ0) is 17.0. The molecule has 1 N–H and O–H groups in total. The minimum atomic E-state index is -3.65. The van der Waals surface area contributed by atoms with E-state index in [2.05, 4.69) is 4.72 Å². The molecule has 0 bridgehead atoms. The quantitative estimate of drug-likeness (QED) is 0.875. The Kier molecular flexibility index (Phi) is 5.15. The van der Waals surface area contributed by atoms with Gasteiger partial charge in [-0.25, -0.2) is 8.42 Å². The van der Waals surface area contributed by atoms with Crippen LogP contribution in [0.1, 0.15) is 25.3 Å². The van der Waals surface area contributed by atoms with Crippen LogP contribution in [-0.2, 0) is 10.0 Å². The van der Waals surface area contributed by atoms with Crippen LogP contribution in [0.3, 0.4) is 0 Å². The molecule has 0 aliphatic heterocycles. The molecule has 2 aromatic rings. The maximum absolute atomic E-state index is 12.5. The summed E-state index contributed by atoms with van der Waals surface area (Å²) >= 11 is 0. The van der Waals surface area contributed by atoms with E-state index in [1.807, 2.05) is 13.8 Å². The molecule has 0 aliphatic carbocycles. The molecular weight excluding hydrogens is 314 g/mol. The highest BCUT2D eigenvalue weighted by atomic mass is 32.2. The Labute approximate surface area is 137 Å². The summed E-state index contributed by atoms with van der Waals surface area (Å²) in [5.74, 6) is 1.57. The minimum Gasteiger partial charge on any atom is -0.497 e. The Morgan fingerprint density at radius 2 is 1.61 bits per heavy atom. The molecule has 0 saturated carbocycles. The van der Waals surface area contributed by atoms with Crippen molar-refractivity contribution < 1.29 is 17.9 Å². The summed E-state index contributed by atoms with van der Waals surface area (Å²) in [6.07, 6.45) is 0. The van der Waals surface area contributed by atoms with Crippen LogP contribution in [-0.4, -0.2) is 22.6 Å². The molecule has 0 spiro atoms. The number of methoxy groups -OCH3 is 2.